The summed E-state index contributed by atoms with van der Waals surface area (Å²) >= 11 is 0. The van der Waals surface area contributed by atoms with Gasteiger partial charge in [0.1, 0.15) is 5.78 Å². The lowest BCUT2D eigenvalue weighted by molar-refractivity contribution is -0.158. The van der Waals surface area contributed by atoms with E-state index < -0.39 is 8.32 Å². The molecule has 4 fully saturated rings. The molecule has 7 atom stereocenters. The Hall–Kier alpha value is -0.413. The summed E-state index contributed by atoms with van der Waals surface area (Å²) in [6.07, 6.45) is 11.9. The van der Waals surface area contributed by atoms with Crippen molar-refractivity contribution in [3.8, 4) is 0 Å². The lowest BCUT2D eigenvalue weighted by atomic mass is 9.44. The third-order valence-electron chi connectivity index (χ3n) is 10.9. The van der Waals surface area contributed by atoms with Gasteiger partial charge in [0.25, 0.3) is 0 Å². The first-order valence-corrected chi connectivity index (χ1v) is 15.6. The standard InChI is InChI=1S/C27H46O2Si/c1-9-18-10-11-21-24-22(13-15-26(18,21)5)27(6)14-12-20(28)16-19(27)17-23(24)29-30(7,8)25(2,3)4/h9,19,21-24H,10-17H2,1-8H3/b18-9-/t19-,21+,22+,23-,24+,26-,27+/m1/s1. The number of ketones is 1. The fraction of sp³-hybridized carbons (Fsp3) is 0.889. The molecule has 3 heteroatoms. The Morgan fingerprint density at radius 1 is 1.07 bits per heavy atom. The van der Waals surface area contributed by atoms with Crippen LogP contribution >= 0.6 is 0 Å². The van der Waals surface area contributed by atoms with Crippen LogP contribution in [-0.2, 0) is 9.22 Å². The Balaban J connectivity index is 1.74. The molecule has 0 unspecified atom stereocenters. The summed E-state index contributed by atoms with van der Waals surface area (Å²) in [6, 6.07) is 0. The monoisotopic (exact) mass is 430 g/mol. The number of hydrogen-bond acceptors (Lipinski definition) is 2. The highest BCUT2D eigenvalue weighted by atomic mass is 28.4. The number of hydrogen-bond donors (Lipinski definition) is 0. The lowest BCUT2D eigenvalue weighted by Crippen LogP contribution is -2.60. The van der Waals surface area contributed by atoms with Gasteiger partial charge >= 0.3 is 0 Å². The van der Waals surface area contributed by atoms with Crippen molar-refractivity contribution < 1.29 is 9.22 Å². The second-order valence-electron chi connectivity index (χ2n) is 13.2. The van der Waals surface area contributed by atoms with Crippen molar-refractivity contribution in [3.05, 3.63) is 11.6 Å². The van der Waals surface area contributed by atoms with E-state index in [9.17, 15) is 4.79 Å². The molecule has 4 aliphatic carbocycles. The van der Waals surface area contributed by atoms with Crippen LogP contribution in [0.2, 0.25) is 18.1 Å². The van der Waals surface area contributed by atoms with Gasteiger partial charge in [0.05, 0.1) is 0 Å². The highest BCUT2D eigenvalue weighted by Gasteiger charge is 2.62. The second kappa shape index (κ2) is 7.30. The Bertz CT molecular complexity index is 732. The van der Waals surface area contributed by atoms with Crippen molar-refractivity contribution in [1.82, 2.24) is 0 Å². The van der Waals surface area contributed by atoms with Crippen LogP contribution in [0.4, 0.5) is 0 Å². The number of allylic oxidation sites excluding steroid dienone is 2. The van der Waals surface area contributed by atoms with Crippen LogP contribution in [0, 0.1) is 34.5 Å². The molecule has 0 aliphatic heterocycles. The van der Waals surface area contributed by atoms with E-state index in [1.807, 2.05) is 0 Å². The minimum Gasteiger partial charge on any atom is -0.414 e. The molecule has 0 aromatic rings. The van der Waals surface area contributed by atoms with E-state index in [0.29, 0.717) is 34.6 Å². The molecule has 0 aromatic carbocycles. The molecule has 4 aliphatic rings. The topological polar surface area (TPSA) is 26.3 Å². The average Bonchev–Trinajstić information content (AvgIpc) is 2.98. The van der Waals surface area contributed by atoms with Crippen LogP contribution in [0.3, 0.4) is 0 Å². The zero-order chi connectivity index (χ0) is 22.1. The molecule has 0 aromatic heterocycles. The van der Waals surface area contributed by atoms with E-state index in [0.717, 1.165) is 37.5 Å². The van der Waals surface area contributed by atoms with Gasteiger partial charge in [0.15, 0.2) is 8.32 Å². The van der Waals surface area contributed by atoms with Crippen LogP contribution in [0.15, 0.2) is 11.6 Å². The van der Waals surface area contributed by atoms with Gasteiger partial charge in [-0.1, -0.05) is 46.3 Å². The van der Waals surface area contributed by atoms with E-state index >= 15 is 0 Å². The van der Waals surface area contributed by atoms with Crippen molar-refractivity contribution in [3.63, 3.8) is 0 Å². The Kier molecular flexibility index (Phi) is 5.54. The Labute approximate surface area is 186 Å². The summed E-state index contributed by atoms with van der Waals surface area (Å²) in [4.78, 5) is 12.4. The fourth-order valence-electron chi connectivity index (χ4n) is 7.99. The molecule has 4 saturated carbocycles. The average molecular weight is 431 g/mol. The molecule has 170 valence electrons. The summed E-state index contributed by atoms with van der Waals surface area (Å²) in [7, 11) is -1.86. The van der Waals surface area contributed by atoms with E-state index in [2.05, 4.69) is 60.7 Å². The van der Waals surface area contributed by atoms with Gasteiger partial charge in [-0.2, -0.15) is 0 Å². The predicted octanol–water partition coefficient (Wildman–Crippen LogP) is 7.54. The van der Waals surface area contributed by atoms with Crippen molar-refractivity contribution in [2.75, 3.05) is 0 Å². The summed E-state index contributed by atoms with van der Waals surface area (Å²) in [5, 5.41) is 0.230. The number of carbonyl (C=O) groups is 1. The molecular weight excluding hydrogens is 384 g/mol. The van der Waals surface area contributed by atoms with Gasteiger partial charge in [0, 0.05) is 18.9 Å². The fourth-order valence-corrected chi connectivity index (χ4v) is 9.35. The SMILES string of the molecule is C/C=C1/CC[C@H]2[C@@H]3[C@H](O[Si](C)(C)C(C)(C)C)C[C@H]4CC(=O)CC[C@]4(C)[C@H]3CC[C@]12C. The first-order chi connectivity index (χ1) is 13.8. The number of rotatable bonds is 2. The van der Waals surface area contributed by atoms with Crippen LogP contribution in [0.5, 0.6) is 0 Å². The van der Waals surface area contributed by atoms with Gasteiger partial charge in [-0.15, -0.1) is 0 Å². The molecule has 2 nitrogen and oxygen atoms in total. The number of carbonyl (C=O) groups excluding carboxylic acids is 1. The molecular formula is C27H46O2Si. The lowest BCUT2D eigenvalue weighted by Gasteiger charge is -2.63. The van der Waals surface area contributed by atoms with Crippen LogP contribution in [-0.4, -0.2) is 20.2 Å². The van der Waals surface area contributed by atoms with E-state index in [1.54, 1.807) is 5.57 Å². The number of fused-ring (bicyclic) bond motifs is 5. The molecule has 0 bridgehead atoms. The molecule has 30 heavy (non-hydrogen) atoms. The van der Waals surface area contributed by atoms with Gasteiger partial charge in [0.2, 0.25) is 0 Å². The van der Waals surface area contributed by atoms with Crippen molar-refractivity contribution in [2.45, 2.75) is 117 Å². The molecule has 0 saturated heterocycles. The van der Waals surface area contributed by atoms with Crippen LogP contribution in [0.1, 0.15) is 92.9 Å². The largest absolute Gasteiger partial charge is 0.414 e. The van der Waals surface area contributed by atoms with Crippen molar-refractivity contribution in [2.24, 2.45) is 34.5 Å². The minimum atomic E-state index is -1.86. The van der Waals surface area contributed by atoms with Gasteiger partial charge in [-0.05, 0) is 98.1 Å². The quantitative estimate of drug-likeness (QED) is 0.334. The van der Waals surface area contributed by atoms with Crippen molar-refractivity contribution in [1.29, 1.82) is 0 Å². The summed E-state index contributed by atoms with van der Waals surface area (Å²) < 4.78 is 7.27. The third kappa shape index (κ3) is 3.32. The Morgan fingerprint density at radius 3 is 2.40 bits per heavy atom. The predicted molar refractivity (Wildman–Crippen MR) is 128 cm³/mol. The molecule has 0 radical (unpaired) electrons. The molecule has 0 heterocycles. The van der Waals surface area contributed by atoms with Crippen LogP contribution < -0.4 is 0 Å². The Morgan fingerprint density at radius 2 is 1.77 bits per heavy atom. The molecule has 0 amide bonds. The zero-order valence-corrected chi connectivity index (χ0v) is 21.9. The van der Waals surface area contributed by atoms with Gasteiger partial charge in [-0.25, -0.2) is 0 Å². The highest BCUT2D eigenvalue weighted by molar-refractivity contribution is 6.74. The molecule has 0 N–H and O–H groups in total. The van der Waals surface area contributed by atoms with Crippen LogP contribution in [0.25, 0.3) is 0 Å². The normalized spacial score (nSPS) is 45.8. The van der Waals surface area contributed by atoms with Gasteiger partial charge < -0.3 is 4.43 Å². The zero-order valence-electron chi connectivity index (χ0n) is 20.9. The highest BCUT2D eigenvalue weighted by Crippen LogP contribution is 2.67. The molecule has 0 spiro atoms. The maximum atomic E-state index is 12.4. The third-order valence-corrected chi connectivity index (χ3v) is 15.4. The van der Waals surface area contributed by atoms with E-state index in [4.69, 9.17) is 4.43 Å². The maximum absolute atomic E-state index is 12.4. The van der Waals surface area contributed by atoms with E-state index in [-0.39, 0.29) is 5.04 Å². The van der Waals surface area contributed by atoms with E-state index in [1.165, 1.54) is 25.7 Å². The number of Topliss-reactive ketones (excluding diaryl/α,β-unsaturated/α-hetero) is 1. The first kappa shape index (κ1) is 22.8. The molecule has 4 rings (SSSR count). The van der Waals surface area contributed by atoms with Crippen molar-refractivity contribution >= 4 is 14.1 Å². The smallest absolute Gasteiger partial charge is 0.192 e. The second-order valence-corrected chi connectivity index (χ2v) is 18.0. The maximum Gasteiger partial charge on any atom is 0.192 e. The summed E-state index contributed by atoms with van der Waals surface area (Å²) in [5.41, 5.74) is 2.42. The first-order valence-electron chi connectivity index (χ1n) is 12.7. The summed E-state index contributed by atoms with van der Waals surface area (Å²) in [5.74, 6) is 3.19. The minimum absolute atomic E-state index is 0.230. The summed E-state index contributed by atoms with van der Waals surface area (Å²) in [6.45, 7) is 19.3. The van der Waals surface area contributed by atoms with Gasteiger partial charge in [-0.3, -0.25) is 4.79 Å².